The summed E-state index contributed by atoms with van der Waals surface area (Å²) in [6, 6.07) is 0. The Labute approximate surface area is 97.2 Å². The molecule has 0 bridgehead atoms. The van der Waals surface area contributed by atoms with E-state index in [2.05, 4.69) is 0 Å². The van der Waals surface area contributed by atoms with E-state index in [0.29, 0.717) is 6.54 Å². The molecule has 0 N–H and O–H groups in total. The van der Waals surface area contributed by atoms with Gasteiger partial charge in [-0.15, -0.1) is 0 Å². The fourth-order valence-corrected chi connectivity index (χ4v) is 1.58. The lowest BCUT2D eigenvalue weighted by Crippen LogP contribution is -2.38. The summed E-state index contributed by atoms with van der Waals surface area (Å²) in [6.07, 6.45) is 1.99. The van der Waals surface area contributed by atoms with E-state index in [4.69, 9.17) is 23.4 Å². The Morgan fingerprint density at radius 1 is 1.47 bits per heavy atom. The molecular formula is C9H12Cl2N2O2. The number of aromatic nitrogens is 2. The molecule has 0 radical (unpaired) electrons. The van der Waals surface area contributed by atoms with Crippen molar-refractivity contribution in [3.05, 3.63) is 32.1 Å². The van der Waals surface area contributed by atoms with Gasteiger partial charge in [0.25, 0.3) is 5.56 Å². The summed E-state index contributed by atoms with van der Waals surface area (Å²) >= 11 is 11.2. The number of halogens is 2. The average molecular weight is 251 g/mol. The summed E-state index contributed by atoms with van der Waals surface area (Å²) in [5.41, 5.74) is -1.04. The van der Waals surface area contributed by atoms with E-state index >= 15 is 0 Å². The summed E-state index contributed by atoms with van der Waals surface area (Å²) in [5, 5.41) is -0.0482. The van der Waals surface area contributed by atoms with Gasteiger partial charge in [-0.05, 0) is 5.92 Å². The highest BCUT2D eigenvalue weighted by atomic mass is 35.5. The van der Waals surface area contributed by atoms with E-state index in [-0.39, 0.29) is 10.9 Å². The second-order valence-electron chi connectivity index (χ2n) is 3.50. The molecule has 0 spiro atoms. The van der Waals surface area contributed by atoms with E-state index in [1.54, 1.807) is 0 Å². The van der Waals surface area contributed by atoms with E-state index in [1.165, 1.54) is 0 Å². The van der Waals surface area contributed by atoms with Crippen LogP contribution in [0.5, 0.6) is 0 Å². The van der Waals surface area contributed by atoms with Gasteiger partial charge in [0.05, 0.1) is 6.20 Å². The van der Waals surface area contributed by atoms with Crippen molar-refractivity contribution in [3.8, 4) is 0 Å². The summed E-state index contributed by atoms with van der Waals surface area (Å²) < 4.78 is 1.86. The first kappa shape index (κ1) is 12.3. The molecule has 4 nitrogen and oxygen atoms in total. The fraction of sp³-hybridized carbons (Fsp3) is 0.556. The highest BCUT2D eigenvalue weighted by Crippen LogP contribution is 2.04. The summed E-state index contributed by atoms with van der Waals surface area (Å²) in [5.74, 6) is 0.227. The summed E-state index contributed by atoms with van der Waals surface area (Å²) in [4.78, 5) is 23.1. The van der Waals surface area contributed by atoms with Crippen molar-refractivity contribution in [2.75, 3.05) is 0 Å². The predicted octanol–water partition coefficient (Wildman–Crippen LogP) is 1.71. The van der Waals surface area contributed by atoms with Crippen LogP contribution in [0.1, 0.15) is 20.3 Å². The minimum absolute atomic E-state index is 0.0482. The molecule has 0 aliphatic rings. The van der Waals surface area contributed by atoms with Gasteiger partial charge in [-0.1, -0.05) is 31.9 Å². The van der Waals surface area contributed by atoms with Crippen molar-refractivity contribution >= 4 is 23.4 Å². The highest BCUT2D eigenvalue weighted by Gasteiger charge is 2.11. The maximum Gasteiger partial charge on any atom is 0.345 e. The Morgan fingerprint density at radius 2 is 2.07 bits per heavy atom. The Morgan fingerprint density at radius 3 is 2.60 bits per heavy atom. The molecule has 1 atom stereocenters. The maximum atomic E-state index is 11.6. The molecule has 1 aromatic rings. The van der Waals surface area contributed by atoms with Crippen molar-refractivity contribution in [3.63, 3.8) is 0 Å². The fourth-order valence-electron chi connectivity index (χ4n) is 1.14. The van der Waals surface area contributed by atoms with Crippen molar-refractivity contribution in [2.45, 2.75) is 26.8 Å². The first-order valence-electron chi connectivity index (χ1n) is 4.65. The van der Waals surface area contributed by atoms with Crippen LogP contribution in [0, 0.1) is 5.92 Å². The third-order valence-electron chi connectivity index (χ3n) is 2.28. The minimum atomic E-state index is -0.550. The zero-order valence-corrected chi connectivity index (χ0v) is 10.0. The lowest BCUT2D eigenvalue weighted by molar-refractivity contribution is 0.444. The van der Waals surface area contributed by atoms with Crippen LogP contribution < -0.4 is 11.2 Å². The van der Waals surface area contributed by atoms with Gasteiger partial charge in [0.2, 0.25) is 0 Å². The second-order valence-corrected chi connectivity index (χ2v) is 4.27. The van der Waals surface area contributed by atoms with Crippen LogP contribution in [-0.4, -0.2) is 8.65 Å². The minimum Gasteiger partial charge on any atom is -0.267 e. The van der Waals surface area contributed by atoms with Crippen LogP contribution in [-0.2, 0) is 6.54 Å². The van der Waals surface area contributed by atoms with Crippen LogP contribution in [0.2, 0.25) is 5.02 Å². The van der Waals surface area contributed by atoms with Crippen LogP contribution in [0.15, 0.2) is 15.8 Å². The van der Waals surface area contributed by atoms with Crippen molar-refractivity contribution in [1.82, 2.24) is 8.65 Å². The molecule has 1 heterocycles. The van der Waals surface area contributed by atoms with E-state index < -0.39 is 11.2 Å². The number of rotatable bonds is 3. The SMILES string of the molecule is CCC(C)Cn1c(=O)c(Cl)cn(Cl)c1=O. The lowest BCUT2D eigenvalue weighted by atomic mass is 10.1. The molecule has 0 fully saturated rings. The topological polar surface area (TPSA) is 44.0 Å². The van der Waals surface area contributed by atoms with Crippen LogP contribution in [0.3, 0.4) is 0 Å². The molecule has 1 unspecified atom stereocenters. The number of hydrogen-bond donors (Lipinski definition) is 0. The van der Waals surface area contributed by atoms with E-state index in [1.807, 2.05) is 13.8 Å². The zero-order valence-electron chi connectivity index (χ0n) is 8.54. The molecular weight excluding hydrogens is 239 g/mol. The van der Waals surface area contributed by atoms with Gasteiger partial charge in [-0.3, -0.25) is 9.36 Å². The van der Waals surface area contributed by atoms with E-state index in [9.17, 15) is 9.59 Å². The Kier molecular flexibility index (Phi) is 3.99. The van der Waals surface area contributed by atoms with Crippen LogP contribution in [0.25, 0.3) is 0 Å². The van der Waals surface area contributed by atoms with Gasteiger partial charge in [0.15, 0.2) is 0 Å². The molecule has 6 heteroatoms. The van der Waals surface area contributed by atoms with Crippen molar-refractivity contribution < 1.29 is 0 Å². The lowest BCUT2D eigenvalue weighted by Gasteiger charge is -2.10. The number of nitrogens with zero attached hydrogens (tertiary/aromatic N) is 2. The Hall–Kier alpha value is -0.740. The van der Waals surface area contributed by atoms with Crippen LogP contribution >= 0.6 is 23.4 Å². The highest BCUT2D eigenvalue weighted by molar-refractivity contribution is 6.30. The van der Waals surface area contributed by atoms with Crippen molar-refractivity contribution in [2.24, 2.45) is 5.92 Å². The first-order chi connectivity index (χ1) is 6.97. The van der Waals surface area contributed by atoms with Gasteiger partial charge in [-0.25, -0.2) is 8.88 Å². The number of hydrogen-bond acceptors (Lipinski definition) is 2. The summed E-state index contributed by atoms with van der Waals surface area (Å²) in [7, 11) is 0. The molecule has 15 heavy (non-hydrogen) atoms. The molecule has 0 aliphatic carbocycles. The Balaban J connectivity index is 3.28. The zero-order chi connectivity index (χ0) is 11.6. The van der Waals surface area contributed by atoms with E-state index in [0.717, 1.165) is 21.3 Å². The van der Waals surface area contributed by atoms with Crippen molar-refractivity contribution in [1.29, 1.82) is 0 Å². The second kappa shape index (κ2) is 4.86. The molecule has 1 aromatic heterocycles. The largest absolute Gasteiger partial charge is 0.345 e. The third-order valence-corrected chi connectivity index (χ3v) is 2.78. The van der Waals surface area contributed by atoms with Crippen LogP contribution in [0.4, 0.5) is 0 Å². The molecule has 0 saturated carbocycles. The quantitative estimate of drug-likeness (QED) is 0.820. The van der Waals surface area contributed by atoms with Gasteiger partial charge < -0.3 is 0 Å². The van der Waals surface area contributed by atoms with Gasteiger partial charge in [0, 0.05) is 18.3 Å². The molecule has 0 amide bonds. The maximum absolute atomic E-state index is 11.6. The molecule has 0 aliphatic heterocycles. The Bertz CT molecular complexity index is 430. The molecule has 0 aromatic carbocycles. The normalized spacial score (nSPS) is 12.8. The smallest absolute Gasteiger partial charge is 0.267 e. The molecule has 84 valence electrons. The average Bonchev–Trinajstić information content (AvgIpc) is 2.21. The first-order valence-corrected chi connectivity index (χ1v) is 5.37. The molecule has 1 rings (SSSR count). The van der Waals surface area contributed by atoms with Gasteiger partial charge in [0.1, 0.15) is 5.02 Å². The predicted molar refractivity (Wildman–Crippen MR) is 60.7 cm³/mol. The standard InChI is InChI=1S/C9H12Cl2N2O2/c1-3-6(2)4-12-8(14)7(10)5-13(11)9(12)15/h5-6H,3-4H2,1-2H3. The summed E-state index contributed by atoms with van der Waals surface area (Å²) in [6.45, 7) is 4.27. The molecule has 0 saturated heterocycles. The monoisotopic (exact) mass is 250 g/mol. The van der Waals surface area contributed by atoms with Gasteiger partial charge in [-0.2, -0.15) is 0 Å². The third kappa shape index (κ3) is 2.63. The van der Waals surface area contributed by atoms with Gasteiger partial charge >= 0.3 is 5.69 Å².